The molecule has 2 aliphatic rings. The van der Waals surface area contributed by atoms with E-state index < -0.39 is 29.6 Å². The highest BCUT2D eigenvalue weighted by Crippen LogP contribution is 2.44. The minimum atomic E-state index is -1.15. The molecule has 1 saturated carbocycles. The van der Waals surface area contributed by atoms with E-state index in [0.29, 0.717) is 25.7 Å². The summed E-state index contributed by atoms with van der Waals surface area (Å²) in [5.74, 6) is -1.57. The fourth-order valence-electron chi connectivity index (χ4n) is 5.36. The number of nitrogens with one attached hydrogen (secondary N) is 2. The summed E-state index contributed by atoms with van der Waals surface area (Å²) >= 11 is 0. The molecule has 0 heterocycles. The zero-order valence-electron chi connectivity index (χ0n) is 20.2. The molecule has 2 aromatic carbocycles. The number of ether oxygens (including phenoxy) is 1. The third kappa shape index (κ3) is 5.34. The molecule has 35 heavy (non-hydrogen) atoms. The number of fused-ring (bicyclic) bond motifs is 3. The van der Waals surface area contributed by atoms with Crippen LogP contribution in [0, 0.1) is 0 Å². The Morgan fingerprint density at radius 3 is 2.17 bits per heavy atom. The van der Waals surface area contributed by atoms with Gasteiger partial charge in [-0.05, 0) is 41.5 Å². The van der Waals surface area contributed by atoms with Gasteiger partial charge in [-0.25, -0.2) is 9.59 Å². The predicted molar refractivity (Wildman–Crippen MR) is 133 cm³/mol. The van der Waals surface area contributed by atoms with Gasteiger partial charge < -0.3 is 20.5 Å². The molecule has 1 unspecified atom stereocenters. The topological polar surface area (TPSA) is 105 Å². The highest BCUT2D eigenvalue weighted by atomic mass is 16.5. The Morgan fingerprint density at radius 1 is 1.00 bits per heavy atom. The average Bonchev–Trinajstić information content (AvgIpc) is 3.19. The van der Waals surface area contributed by atoms with Crippen LogP contribution in [0.5, 0.6) is 0 Å². The maximum atomic E-state index is 13.3. The van der Waals surface area contributed by atoms with Gasteiger partial charge in [-0.1, -0.05) is 87.6 Å². The lowest BCUT2D eigenvalue weighted by Gasteiger charge is -2.37. The number of carboxylic acid groups (broad SMARTS) is 1. The summed E-state index contributed by atoms with van der Waals surface area (Å²) in [4.78, 5) is 37.9. The Bertz CT molecular complexity index is 1030. The summed E-state index contributed by atoms with van der Waals surface area (Å²) in [7, 11) is 0. The SMILES string of the molecule is CCCCC(NC(=O)C1(NC(=O)OCC2c3ccccc3-c3ccccc32)CCCCC1)C(=O)O. The fraction of sp³-hybridized carbons (Fsp3) is 0.464. The van der Waals surface area contributed by atoms with Gasteiger partial charge in [-0.2, -0.15) is 0 Å². The molecule has 4 rings (SSSR count). The molecule has 7 heteroatoms. The summed E-state index contributed by atoms with van der Waals surface area (Å²) in [6.45, 7) is 2.13. The first-order valence-electron chi connectivity index (χ1n) is 12.6. The van der Waals surface area contributed by atoms with E-state index in [2.05, 4.69) is 34.9 Å². The lowest BCUT2D eigenvalue weighted by Crippen LogP contribution is -2.62. The molecule has 3 N–H and O–H groups in total. The number of alkyl carbamates (subject to hydrolysis) is 1. The minimum Gasteiger partial charge on any atom is -0.480 e. The lowest BCUT2D eigenvalue weighted by molar-refractivity contribution is -0.143. The van der Waals surface area contributed by atoms with Crippen LogP contribution in [0.2, 0.25) is 0 Å². The van der Waals surface area contributed by atoms with Gasteiger partial charge in [0, 0.05) is 5.92 Å². The molecule has 7 nitrogen and oxygen atoms in total. The molecule has 0 aliphatic heterocycles. The van der Waals surface area contributed by atoms with E-state index in [-0.39, 0.29) is 12.5 Å². The van der Waals surface area contributed by atoms with E-state index in [1.54, 1.807) is 0 Å². The summed E-state index contributed by atoms with van der Waals surface area (Å²) in [5.41, 5.74) is 3.37. The van der Waals surface area contributed by atoms with Crippen LogP contribution in [0.15, 0.2) is 48.5 Å². The van der Waals surface area contributed by atoms with Crippen LogP contribution in [0.3, 0.4) is 0 Å². The number of hydrogen-bond donors (Lipinski definition) is 3. The number of carbonyl (C=O) groups excluding carboxylic acids is 2. The number of aliphatic carboxylic acids is 1. The first-order valence-corrected chi connectivity index (χ1v) is 12.6. The van der Waals surface area contributed by atoms with Crippen LogP contribution < -0.4 is 10.6 Å². The number of amides is 2. The van der Waals surface area contributed by atoms with Crippen molar-refractivity contribution in [2.75, 3.05) is 6.61 Å². The lowest BCUT2D eigenvalue weighted by atomic mass is 9.80. The second-order valence-electron chi connectivity index (χ2n) is 9.60. The predicted octanol–water partition coefficient (Wildman–Crippen LogP) is 4.99. The van der Waals surface area contributed by atoms with E-state index in [9.17, 15) is 19.5 Å². The van der Waals surface area contributed by atoms with Crippen LogP contribution in [0.25, 0.3) is 11.1 Å². The van der Waals surface area contributed by atoms with Crippen molar-refractivity contribution in [3.05, 3.63) is 59.7 Å². The zero-order valence-corrected chi connectivity index (χ0v) is 20.2. The number of carbonyl (C=O) groups is 3. The first-order chi connectivity index (χ1) is 16.9. The van der Waals surface area contributed by atoms with Crippen LogP contribution in [0.1, 0.15) is 75.3 Å². The molecule has 0 saturated heterocycles. The van der Waals surface area contributed by atoms with Gasteiger partial charge in [0.2, 0.25) is 5.91 Å². The maximum absolute atomic E-state index is 13.3. The van der Waals surface area contributed by atoms with Crippen LogP contribution in [-0.2, 0) is 14.3 Å². The number of unbranched alkanes of at least 4 members (excludes halogenated alkanes) is 1. The van der Waals surface area contributed by atoms with Crippen molar-refractivity contribution in [2.45, 2.75) is 75.8 Å². The molecule has 0 bridgehead atoms. The molecule has 2 aromatic rings. The summed E-state index contributed by atoms with van der Waals surface area (Å²) in [6.07, 6.45) is 4.70. The third-order valence-corrected chi connectivity index (χ3v) is 7.28. The van der Waals surface area contributed by atoms with E-state index in [1.165, 1.54) is 0 Å². The van der Waals surface area contributed by atoms with Crippen molar-refractivity contribution < 1.29 is 24.2 Å². The molecular formula is C28H34N2O5. The second-order valence-corrected chi connectivity index (χ2v) is 9.60. The van der Waals surface area contributed by atoms with E-state index in [1.807, 2.05) is 31.2 Å². The summed E-state index contributed by atoms with van der Waals surface area (Å²) < 4.78 is 5.69. The molecule has 0 aromatic heterocycles. The van der Waals surface area contributed by atoms with Gasteiger partial charge in [0.25, 0.3) is 0 Å². The Balaban J connectivity index is 1.45. The molecule has 0 radical (unpaired) electrons. The van der Waals surface area contributed by atoms with E-state index in [4.69, 9.17) is 4.74 Å². The van der Waals surface area contributed by atoms with Gasteiger partial charge >= 0.3 is 12.1 Å². The van der Waals surface area contributed by atoms with E-state index >= 15 is 0 Å². The van der Waals surface area contributed by atoms with Gasteiger partial charge in [0.15, 0.2) is 0 Å². The Kier molecular flexibility index (Phi) is 7.73. The molecule has 2 aliphatic carbocycles. The second kappa shape index (κ2) is 10.9. The maximum Gasteiger partial charge on any atom is 0.408 e. The number of benzene rings is 2. The van der Waals surface area contributed by atoms with Gasteiger partial charge in [-0.15, -0.1) is 0 Å². The van der Waals surface area contributed by atoms with Gasteiger partial charge in [0.05, 0.1) is 0 Å². The zero-order chi connectivity index (χ0) is 24.8. The smallest absolute Gasteiger partial charge is 0.408 e. The quantitative estimate of drug-likeness (QED) is 0.471. The summed E-state index contributed by atoms with van der Waals surface area (Å²) in [5, 5.41) is 15.1. The normalized spacial score (nSPS) is 17.1. The average molecular weight is 479 g/mol. The molecular weight excluding hydrogens is 444 g/mol. The molecule has 2 amide bonds. The third-order valence-electron chi connectivity index (χ3n) is 7.28. The highest BCUT2D eigenvalue weighted by Gasteiger charge is 2.43. The van der Waals surface area contributed by atoms with Crippen LogP contribution in [0.4, 0.5) is 4.79 Å². The number of rotatable bonds is 9. The minimum absolute atomic E-state index is 0.0743. The van der Waals surface area contributed by atoms with Crippen molar-refractivity contribution in [1.82, 2.24) is 10.6 Å². The van der Waals surface area contributed by atoms with E-state index in [0.717, 1.165) is 47.9 Å². The molecule has 1 fully saturated rings. The van der Waals surface area contributed by atoms with Crippen molar-refractivity contribution in [3.63, 3.8) is 0 Å². The Morgan fingerprint density at radius 2 is 1.60 bits per heavy atom. The fourth-order valence-corrected chi connectivity index (χ4v) is 5.36. The van der Waals surface area contributed by atoms with Crippen molar-refractivity contribution in [1.29, 1.82) is 0 Å². The molecule has 0 spiro atoms. The molecule has 186 valence electrons. The van der Waals surface area contributed by atoms with Crippen LogP contribution >= 0.6 is 0 Å². The number of carboxylic acids is 1. The van der Waals surface area contributed by atoms with Crippen molar-refractivity contribution >= 4 is 18.0 Å². The summed E-state index contributed by atoms with van der Waals surface area (Å²) in [6, 6.07) is 15.3. The molecule has 1 atom stereocenters. The van der Waals surface area contributed by atoms with Gasteiger partial charge in [-0.3, -0.25) is 4.79 Å². The van der Waals surface area contributed by atoms with Crippen LogP contribution in [-0.4, -0.2) is 41.3 Å². The standard InChI is InChI=1S/C28H34N2O5/c1-2-3-15-24(25(31)32)29-26(33)28(16-9-4-10-17-28)30-27(34)35-18-23-21-13-7-5-11-19(21)20-12-6-8-14-22(20)23/h5-8,11-14,23-24H,2-4,9-10,15-18H2,1H3,(H,29,33)(H,30,34)(H,31,32). The van der Waals surface area contributed by atoms with Crippen molar-refractivity contribution in [2.24, 2.45) is 0 Å². The van der Waals surface area contributed by atoms with Crippen molar-refractivity contribution in [3.8, 4) is 11.1 Å². The Hall–Kier alpha value is -3.35. The number of hydrogen-bond acceptors (Lipinski definition) is 4. The Labute approximate surface area is 206 Å². The first kappa shape index (κ1) is 24.8. The largest absolute Gasteiger partial charge is 0.480 e. The van der Waals surface area contributed by atoms with Gasteiger partial charge in [0.1, 0.15) is 18.2 Å². The monoisotopic (exact) mass is 478 g/mol. The highest BCUT2D eigenvalue weighted by molar-refractivity contribution is 5.93.